The quantitative estimate of drug-likeness (QED) is 0.432. The zero-order valence-electron chi connectivity index (χ0n) is 14.8. The average molecular weight is 416 g/mol. The Morgan fingerprint density at radius 1 is 1.41 bits per heavy atom. The molecule has 148 valence electrons. The molecule has 0 spiro atoms. The minimum Gasteiger partial charge on any atom is -0.382 e. The maximum Gasteiger partial charge on any atom is 0.324 e. The first-order chi connectivity index (χ1) is 12.8. The van der Waals surface area contributed by atoms with E-state index in [1.165, 1.54) is 20.5 Å². The molecule has 0 aliphatic carbocycles. The topological polar surface area (TPSA) is 153 Å². The number of fused-ring (bicyclic) bond motifs is 1. The van der Waals surface area contributed by atoms with Gasteiger partial charge in [0.15, 0.2) is 17.7 Å². The molecule has 5 atom stereocenters. The third kappa shape index (κ3) is 3.83. The van der Waals surface area contributed by atoms with E-state index >= 15 is 0 Å². The second-order valence-electron chi connectivity index (χ2n) is 5.80. The predicted molar refractivity (Wildman–Crippen MR) is 102 cm³/mol. The minimum atomic E-state index is -3.45. The molecule has 27 heavy (non-hydrogen) atoms. The van der Waals surface area contributed by atoms with E-state index in [1.54, 1.807) is 10.6 Å². The van der Waals surface area contributed by atoms with E-state index < -0.39 is 31.3 Å². The number of hydrogen-bond acceptors (Lipinski definition) is 10. The Balaban J connectivity index is 2.03. The van der Waals surface area contributed by atoms with Gasteiger partial charge in [-0.05, 0) is 18.2 Å². The molecule has 1 saturated heterocycles. The molecule has 3 rings (SSSR count). The minimum absolute atomic E-state index is 0.00870. The Labute approximate surface area is 160 Å². The number of ether oxygens (including phenoxy) is 2. The highest BCUT2D eigenvalue weighted by molar-refractivity contribution is 8.07. The van der Waals surface area contributed by atoms with Gasteiger partial charge in [0.05, 0.1) is 12.4 Å². The van der Waals surface area contributed by atoms with Crippen molar-refractivity contribution in [3.05, 3.63) is 19.0 Å². The van der Waals surface area contributed by atoms with Crippen molar-refractivity contribution in [3.63, 3.8) is 0 Å². The smallest absolute Gasteiger partial charge is 0.324 e. The van der Waals surface area contributed by atoms with Crippen molar-refractivity contribution in [3.8, 4) is 0 Å². The molecule has 13 heteroatoms. The lowest BCUT2D eigenvalue weighted by Gasteiger charge is -2.26. The number of rotatable bonds is 7. The van der Waals surface area contributed by atoms with Gasteiger partial charge in [-0.2, -0.15) is 9.97 Å². The van der Waals surface area contributed by atoms with Crippen molar-refractivity contribution in [1.29, 1.82) is 0 Å². The largest absolute Gasteiger partial charge is 0.382 e. The van der Waals surface area contributed by atoms with E-state index in [0.29, 0.717) is 17.6 Å². The van der Waals surface area contributed by atoms with Crippen LogP contribution in [0.15, 0.2) is 19.0 Å². The van der Waals surface area contributed by atoms with E-state index in [9.17, 15) is 4.89 Å². The Bertz CT molecular complexity index is 894. The fraction of sp³-hybridized carbons (Fsp3) is 0.500. The molecule has 11 nitrogen and oxygen atoms in total. The number of hydrogen-bond donors (Lipinski definition) is 3. The van der Waals surface area contributed by atoms with E-state index in [1.807, 2.05) is 0 Å². The van der Waals surface area contributed by atoms with Crippen LogP contribution in [0.5, 0.6) is 0 Å². The van der Waals surface area contributed by atoms with Crippen molar-refractivity contribution >= 4 is 41.5 Å². The van der Waals surface area contributed by atoms with Crippen LogP contribution in [0.2, 0.25) is 0 Å². The van der Waals surface area contributed by atoms with Crippen LogP contribution in [-0.4, -0.2) is 56.9 Å². The van der Waals surface area contributed by atoms with Gasteiger partial charge in [-0.1, -0.05) is 6.08 Å². The van der Waals surface area contributed by atoms with Gasteiger partial charge in [0.2, 0.25) is 5.95 Å². The van der Waals surface area contributed by atoms with Crippen LogP contribution in [0.25, 0.3) is 11.2 Å². The van der Waals surface area contributed by atoms with Gasteiger partial charge >= 0.3 is 6.72 Å². The van der Waals surface area contributed by atoms with Crippen LogP contribution in [-0.2, 0) is 30.3 Å². The first-order valence-corrected chi connectivity index (χ1v) is 10.5. The van der Waals surface area contributed by atoms with Crippen LogP contribution < -0.4 is 11.5 Å². The van der Waals surface area contributed by atoms with Crippen LogP contribution in [0.4, 0.5) is 11.8 Å². The van der Waals surface area contributed by atoms with Gasteiger partial charge in [0.1, 0.15) is 17.7 Å². The summed E-state index contributed by atoms with van der Waals surface area (Å²) in [4.78, 5) is 22.4. The molecule has 0 amide bonds. The summed E-state index contributed by atoms with van der Waals surface area (Å²) in [5.41, 5.74) is 12.3. The maximum atomic E-state index is 10.1. The summed E-state index contributed by atoms with van der Waals surface area (Å²) in [5.74, 6) is 0.165. The standard InChI is InChI=1S/C14H21N6O5PS/c1-4-5-7-9(25-26(21,27)23-3)10(22-2)13(24-7)20-6-17-8-11(15)18-14(16)19-12(8)20/h4,6-7,9-10,13H,1,5H2,2-3H3,(H,21,27)(H4,15,16,18,19)/t7-,9?,10?,13-,26?/m1/s1. The zero-order valence-corrected chi connectivity index (χ0v) is 16.5. The highest BCUT2D eigenvalue weighted by Crippen LogP contribution is 2.49. The van der Waals surface area contributed by atoms with Gasteiger partial charge in [0.25, 0.3) is 0 Å². The number of nitrogens with zero attached hydrogens (tertiary/aromatic N) is 4. The number of methoxy groups -OCH3 is 1. The highest BCUT2D eigenvalue weighted by Gasteiger charge is 2.48. The van der Waals surface area contributed by atoms with Crippen molar-refractivity contribution in [1.82, 2.24) is 19.5 Å². The van der Waals surface area contributed by atoms with Gasteiger partial charge in [0, 0.05) is 14.2 Å². The summed E-state index contributed by atoms with van der Waals surface area (Å²) in [6.07, 6.45) is 1.09. The molecule has 2 aromatic heterocycles. The molecule has 5 N–H and O–H groups in total. The summed E-state index contributed by atoms with van der Waals surface area (Å²) >= 11 is 4.98. The lowest BCUT2D eigenvalue weighted by atomic mass is 10.1. The lowest BCUT2D eigenvalue weighted by Crippen LogP contribution is -2.35. The third-order valence-corrected chi connectivity index (χ3v) is 5.86. The third-order valence-electron chi connectivity index (χ3n) is 4.18. The average Bonchev–Trinajstić information content (AvgIpc) is 3.16. The molecule has 0 saturated carbocycles. The molecule has 3 unspecified atom stereocenters. The van der Waals surface area contributed by atoms with Gasteiger partial charge < -0.3 is 30.4 Å². The Kier molecular flexibility index (Phi) is 5.77. The normalized spacial score (nSPS) is 27.7. The second kappa shape index (κ2) is 7.76. The molecule has 0 radical (unpaired) electrons. The molecule has 3 heterocycles. The van der Waals surface area contributed by atoms with Crippen molar-refractivity contribution in [2.24, 2.45) is 0 Å². The number of nitrogen functional groups attached to an aromatic ring is 2. The van der Waals surface area contributed by atoms with Gasteiger partial charge in [-0.3, -0.25) is 9.09 Å². The number of imidazole rings is 1. The first-order valence-electron chi connectivity index (χ1n) is 7.93. The van der Waals surface area contributed by atoms with Gasteiger partial charge in [-0.15, -0.1) is 6.58 Å². The summed E-state index contributed by atoms with van der Waals surface area (Å²) in [6.45, 7) is 0.274. The number of nitrogens with two attached hydrogens (primary N) is 2. The van der Waals surface area contributed by atoms with Crippen LogP contribution >= 0.6 is 6.72 Å². The first kappa shape index (κ1) is 20.1. The molecular weight excluding hydrogens is 395 g/mol. The number of aromatic nitrogens is 4. The molecule has 1 aliphatic heterocycles. The second-order valence-corrected chi connectivity index (χ2v) is 8.70. The summed E-state index contributed by atoms with van der Waals surface area (Å²) in [6, 6.07) is 0. The van der Waals surface area contributed by atoms with E-state index in [4.69, 9.17) is 41.8 Å². The molecule has 0 aromatic carbocycles. The van der Waals surface area contributed by atoms with E-state index in [-0.39, 0.29) is 11.8 Å². The lowest BCUT2D eigenvalue weighted by molar-refractivity contribution is -0.0485. The molecule has 0 bridgehead atoms. The number of anilines is 2. The van der Waals surface area contributed by atoms with Crippen molar-refractivity contribution in [2.75, 3.05) is 25.7 Å². The fourth-order valence-corrected chi connectivity index (χ4v) is 3.95. The zero-order chi connectivity index (χ0) is 19.8. The summed E-state index contributed by atoms with van der Waals surface area (Å²) < 4.78 is 23.9. The van der Waals surface area contributed by atoms with Crippen molar-refractivity contribution in [2.45, 2.75) is 31.0 Å². The Morgan fingerprint density at radius 2 is 2.15 bits per heavy atom. The predicted octanol–water partition coefficient (Wildman–Crippen LogP) is 0.728. The Morgan fingerprint density at radius 3 is 2.78 bits per heavy atom. The molecule has 2 aromatic rings. The fourth-order valence-electron chi connectivity index (χ4n) is 3.00. The highest BCUT2D eigenvalue weighted by atomic mass is 32.5. The van der Waals surface area contributed by atoms with Crippen LogP contribution in [0.1, 0.15) is 12.6 Å². The maximum absolute atomic E-state index is 10.1. The molecular formula is C14H21N6O5PS. The summed E-state index contributed by atoms with van der Waals surface area (Å²) in [5, 5.41) is 0. The Hall–Kier alpha value is -1.66. The monoisotopic (exact) mass is 416 g/mol. The van der Waals surface area contributed by atoms with E-state index in [0.717, 1.165) is 0 Å². The van der Waals surface area contributed by atoms with Crippen LogP contribution in [0.3, 0.4) is 0 Å². The van der Waals surface area contributed by atoms with Crippen LogP contribution in [0, 0.1) is 0 Å². The molecule has 1 fully saturated rings. The SMILES string of the molecule is C=CC[C@H]1O[C@@H](n2cnc3c(N)nc(N)nc32)C(OC)C1OP(O)(=S)OC. The van der Waals surface area contributed by atoms with Crippen molar-refractivity contribution < 1.29 is 23.4 Å². The summed E-state index contributed by atoms with van der Waals surface area (Å²) in [7, 11) is 2.78. The van der Waals surface area contributed by atoms with E-state index in [2.05, 4.69) is 21.5 Å². The molecule has 1 aliphatic rings. The van der Waals surface area contributed by atoms with Gasteiger partial charge in [-0.25, -0.2) is 4.98 Å².